The van der Waals surface area contributed by atoms with Crippen molar-refractivity contribution in [1.82, 2.24) is 5.32 Å². The van der Waals surface area contributed by atoms with Gasteiger partial charge in [-0.3, -0.25) is 0 Å². The number of alkyl halides is 1. The van der Waals surface area contributed by atoms with Crippen molar-refractivity contribution in [3.8, 4) is 0 Å². The second-order valence-corrected chi connectivity index (χ2v) is 3.70. The van der Waals surface area contributed by atoms with Crippen LogP contribution in [-0.2, 0) is 0 Å². The van der Waals surface area contributed by atoms with Crippen LogP contribution in [0.2, 0.25) is 0 Å². The highest BCUT2D eigenvalue weighted by atomic mass is 79.9. The van der Waals surface area contributed by atoms with E-state index < -0.39 is 0 Å². The summed E-state index contributed by atoms with van der Waals surface area (Å²) >= 11 is 6.80. The lowest BCUT2D eigenvalue weighted by molar-refractivity contribution is 0.684. The van der Waals surface area contributed by atoms with Gasteiger partial charge in [-0.05, 0) is 28.8 Å². The van der Waals surface area contributed by atoms with Gasteiger partial charge in [0.25, 0.3) is 0 Å². The van der Waals surface area contributed by atoms with Gasteiger partial charge in [0.1, 0.15) is 0 Å². The Kier molecular flexibility index (Phi) is 2.38. The molecule has 3 heteroatoms. The maximum atomic E-state index is 3.45. The molecule has 1 aliphatic heterocycles. The van der Waals surface area contributed by atoms with Gasteiger partial charge in [0.15, 0.2) is 0 Å². The maximum absolute atomic E-state index is 3.45. The average Bonchev–Trinajstić information content (AvgIpc) is 1.64. The highest BCUT2D eigenvalue weighted by Crippen LogP contribution is 2.16. The molecular formula is C5H7Br2N. The van der Waals surface area contributed by atoms with Gasteiger partial charge in [-0.1, -0.05) is 22.0 Å². The Labute approximate surface area is 65.8 Å². The van der Waals surface area contributed by atoms with Gasteiger partial charge in [0, 0.05) is 0 Å². The Morgan fingerprint density at radius 1 is 1.75 bits per heavy atom. The van der Waals surface area contributed by atoms with Crippen LogP contribution in [0.5, 0.6) is 0 Å². The van der Waals surface area contributed by atoms with Gasteiger partial charge in [-0.15, -0.1) is 0 Å². The summed E-state index contributed by atoms with van der Waals surface area (Å²) in [5, 5.41) is 3.17. The lowest BCUT2D eigenvalue weighted by Gasteiger charge is -2.16. The van der Waals surface area contributed by atoms with Crippen molar-refractivity contribution in [2.75, 3.05) is 0 Å². The number of rotatable bonds is 0. The van der Waals surface area contributed by atoms with Gasteiger partial charge in [0.05, 0.1) is 9.56 Å². The standard InChI is InChI=1S/C5H7Br2N/c6-4-2-1-3-5(7)8-4/h2,5,8H,1,3H2. The number of allylic oxidation sites excluding steroid dienone is 1. The largest absolute Gasteiger partial charge is 0.367 e. The quantitative estimate of drug-likeness (QED) is 0.506. The molecule has 0 aliphatic carbocycles. The zero-order valence-electron chi connectivity index (χ0n) is 4.32. The molecule has 1 heterocycles. The Balaban J connectivity index is 2.45. The zero-order valence-corrected chi connectivity index (χ0v) is 7.50. The smallest absolute Gasteiger partial charge is 0.0825 e. The minimum absolute atomic E-state index is 0.460. The molecule has 0 radical (unpaired) electrons. The monoisotopic (exact) mass is 239 g/mol. The first-order chi connectivity index (χ1) is 3.79. The molecule has 0 fully saturated rings. The first kappa shape index (κ1) is 6.62. The molecular weight excluding hydrogens is 234 g/mol. The molecule has 0 saturated carbocycles. The number of hydrogen-bond acceptors (Lipinski definition) is 1. The lowest BCUT2D eigenvalue weighted by atomic mass is 10.2. The summed E-state index contributed by atoms with van der Waals surface area (Å²) in [5.41, 5.74) is 0. The lowest BCUT2D eigenvalue weighted by Crippen LogP contribution is -2.22. The van der Waals surface area contributed by atoms with E-state index in [1.165, 1.54) is 6.42 Å². The molecule has 1 rings (SSSR count). The molecule has 1 N–H and O–H groups in total. The van der Waals surface area contributed by atoms with Gasteiger partial charge < -0.3 is 5.32 Å². The molecule has 0 saturated heterocycles. The average molecular weight is 241 g/mol. The third-order valence-corrected chi connectivity index (χ3v) is 2.28. The first-order valence-corrected chi connectivity index (χ1v) is 4.26. The number of hydrogen-bond donors (Lipinski definition) is 1. The second kappa shape index (κ2) is 2.87. The van der Waals surface area contributed by atoms with E-state index in [9.17, 15) is 0 Å². The Bertz CT molecular complexity index is 111. The van der Waals surface area contributed by atoms with Crippen LogP contribution in [-0.4, -0.2) is 4.95 Å². The van der Waals surface area contributed by atoms with Crippen molar-refractivity contribution in [2.24, 2.45) is 0 Å². The number of nitrogens with one attached hydrogen (secondary N) is 1. The van der Waals surface area contributed by atoms with Crippen LogP contribution in [0.25, 0.3) is 0 Å². The molecule has 1 atom stereocenters. The summed E-state index contributed by atoms with van der Waals surface area (Å²) in [6, 6.07) is 0. The molecule has 0 aromatic carbocycles. The number of halogens is 2. The molecule has 1 unspecified atom stereocenters. The third-order valence-electron chi connectivity index (χ3n) is 1.04. The van der Waals surface area contributed by atoms with Crippen LogP contribution >= 0.6 is 31.9 Å². The van der Waals surface area contributed by atoms with Crippen LogP contribution in [0, 0.1) is 0 Å². The van der Waals surface area contributed by atoms with Gasteiger partial charge in [-0.2, -0.15) is 0 Å². The maximum Gasteiger partial charge on any atom is 0.0825 e. The second-order valence-electron chi connectivity index (χ2n) is 1.74. The van der Waals surface area contributed by atoms with Crippen molar-refractivity contribution in [3.05, 3.63) is 10.7 Å². The van der Waals surface area contributed by atoms with Crippen molar-refractivity contribution in [1.29, 1.82) is 0 Å². The van der Waals surface area contributed by atoms with Crippen molar-refractivity contribution in [2.45, 2.75) is 17.8 Å². The summed E-state index contributed by atoms with van der Waals surface area (Å²) in [6.45, 7) is 0. The Hall–Kier alpha value is 0.500. The minimum Gasteiger partial charge on any atom is -0.367 e. The zero-order chi connectivity index (χ0) is 5.98. The van der Waals surface area contributed by atoms with E-state index in [-0.39, 0.29) is 0 Å². The molecule has 46 valence electrons. The fraction of sp³-hybridized carbons (Fsp3) is 0.600. The summed E-state index contributed by atoms with van der Waals surface area (Å²) in [5.74, 6) is 0. The van der Waals surface area contributed by atoms with Crippen LogP contribution < -0.4 is 5.32 Å². The van der Waals surface area contributed by atoms with E-state index in [1.807, 2.05) is 0 Å². The van der Waals surface area contributed by atoms with Gasteiger partial charge in [-0.25, -0.2) is 0 Å². The highest BCUT2D eigenvalue weighted by molar-refractivity contribution is 9.12. The minimum atomic E-state index is 0.460. The van der Waals surface area contributed by atoms with Crippen LogP contribution in [0.4, 0.5) is 0 Å². The summed E-state index contributed by atoms with van der Waals surface area (Å²) < 4.78 is 1.10. The van der Waals surface area contributed by atoms with E-state index in [1.54, 1.807) is 0 Å². The fourth-order valence-electron chi connectivity index (χ4n) is 0.637. The first-order valence-electron chi connectivity index (χ1n) is 2.55. The normalized spacial score (nSPS) is 28.8. The van der Waals surface area contributed by atoms with Gasteiger partial charge in [0.2, 0.25) is 0 Å². The molecule has 0 aromatic rings. The van der Waals surface area contributed by atoms with Crippen LogP contribution in [0.15, 0.2) is 10.7 Å². The predicted molar refractivity (Wildman–Crippen MR) is 42.1 cm³/mol. The van der Waals surface area contributed by atoms with E-state index in [0.717, 1.165) is 11.0 Å². The summed E-state index contributed by atoms with van der Waals surface area (Å²) in [6.07, 6.45) is 4.47. The van der Waals surface area contributed by atoms with Gasteiger partial charge >= 0.3 is 0 Å². The molecule has 0 amide bonds. The van der Waals surface area contributed by atoms with E-state index >= 15 is 0 Å². The summed E-state index contributed by atoms with van der Waals surface area (Å²) in [7, 11) is 0. The van der Waals surface area contributed by atoms with Crippen LogP contribution in [0.1, 0.15) is 12.8 Å². The van der Waals surface area contributed by atoms with E-state index in [0.29, 0.717) is 4.95 Å². The predicted octanol–water partition coefficient (Wildman–Crippen LogP) is 2.33. The van der Waals surface area contributed by atoms with E-state index in [4.69, 9.17) is 0 Å². The fourth-order valence-corrected chi connectivity index (χ4v) is 1.96. The molecule has 1 nitrogen and oxygen atoms in total. The molecule has 0 spiro atoms. The third kappa shape index (κ3) is 1.78. The van der Waals surface area contributed by atoms with Crippen molar-refractivity contribution < 1.29 is 0 Å². The SMILES string of the molecule is BrC1=CCCC(Br)N1. The molecule has 0 aromatic heterocycles. The molecule has 1 aliphatic rings. The molecule has 8 heavy (non-hydrogen) atoms. The Morgan fingerprint density at radius 2 is 2.50 bits per heavy atom. The van der Waals surface area contributed by atoms with E-state index in [2.05, 4.69) is 43.3 Å². The highest BCUT2D eigenvalue weighted by Gasteiger charge is 2.06. The summed E-state index contributed by atoms with van der Waals surface area (Å²) in [4.78, 5) is 0.460. The topological polar surface area (TPSA) is 12.0 Å². The Morgan fingerprint density at radius 3 is 2.88 bits per heavy atom. The van der Waals surface area contributed by atoms with Crippen LogP contribution in [0.3, 0.4) is 0 Å². The van der Waals surface area contributed by atoms with Crippen molar-refractivity contribution >= 4 is 31.9 Å². The van der Waals surface area contributed by atoms with Crippen molar-refractivity contribution in [3.63, 3.8) is 0 Å². The molecule has 0 bridgehead atoms.